The number of hydrogen-bond acceptors (Lipinski definition) is 6. The fraction of sp³-hybridized carbons (Fsp3) is 0.300. The molecule has 0 aliphatic carbocycles. The summed E-state index contributed by atoms with van der Waals surface area (Å²) in [6, 6.07) is 4.38. The Balaban J connectivity index is 1.82. The largest absolute Gasteiger partial charge is 0.453 e. The van der Waals surface area contributed by atoms with Crippen LogP contribution in [0, 0.1) is 11.6 Å². The highest BCUT2D eigenvalue weighted by atomic mass is 35.7. The Hall–Kier alpha value is -2.47. The molecule has 4 rings (SSSR count). The van der Waals surface area contributed by atoms with Crippen molar-refractivity contribution in [2.24, 2.45) is 0 Å². The molecule has 1 aromatic carbocycles. The van der Waals surface area contributed by atoms with Gasteiger partial charge in [0.2, 0.25) is 0 Å². The Morgan fingerprint density at radius 1 is 1.30 bits per heavy atom. The third kappa shape index (κ3) is 4.77. The van der Waals surface area contributed by atoms with Crippen molar-refractivity contribution in [2.45, 2.75) is 17.4 Å². The van der Waals surface area contributed by atoms with Crippen LogP contribution in [0.25, 0.3) is 16.9 Å². The Morgan fingerprint density at radius 2 is 2.00 bits per heavy atom. The number of imidazole rings is 1. The number of methoxy groups -OCH3 is 1. The fourth-order valence-electron chi connectivity index (χ4n) is 3.74. The van der Waals surface area contributed by atoms with Gasteiger partial charge in [0.15, 0.2) is 0 Å². The van der Waals surface area contributed by atoms with Gasteiger partial charge in [0.1, 0.15) is 17.3 Å². The number of halogens is 4. The first-order chi connectivity index (χ1) is 15.6. The molecule has 0 spiro atoms. The van der Waals surface area contributed by atoms with E-state index >= 15 is 0 Å². The number of rotatable bonds is 4. The first-order valence-electron chi connectivity index (χ1n) is 9.63. The molecule has 0 radical (unpaired) electrons. The highest BCUT2D eigenvalue weighted by Crippen LogP contribution is 2.33. The standard InChI is InChI=1S/C20H17Cl2F2N3O5S/c1-31-20(28)26-4-5-32-12(10-26)7-16-19(25-17-6-11(21)2-3-27(16)17)18-14(23)8-13(9-15(18)24)33(22,29)30/h2-3,6,8-9,12H,4-5,7,10H2,1H3. The van der Waals surface area contributed by atoms with Crippen LogP contribution >= 0.6 is 22.3 Å². The average Bonchev–Trinajstić information content (AvgIpc) is 3.09. The van der Waals surface area contributed by atoms with Gasteiger partial charge in [-0.25, -0.2) is 27.0 Å². The van der Waals surface area contributed by atoms with Gasteiger partial charge in [0.05, 0.1) is 48.2 Å². The van der Waals surface area contributed by atoms with Crippen molar-refractivity contribution in [3.8, 4) is 11.3 Å². The zero-order valence-electron chi connectivity index (χ0n) is 17.1. The van der Waals surface area contributed by atoms with E-state index in [2.05, 4.69) is 4.98 Å². The highest BCUT2D eigenvalue weighted by Gasteiger charge is 2.29. The van der Waals surface area contributed by atoms with Crippen LogP contribution < -0.4 is 0 Å². The highest BCUT2D eigenvalue weighted by molar-refractivity contribution is 8.13. The third-order valence-corrected chi connectivity index (χ3v) is 6.78. The summed E-state index contributed by atoms with van der Waals surface area (Å²) in [5, 5.41) is 0.362. The minimum atomic E-state index is -4.35. The number of amides is 1. The monoisotopic (exact) mass is 519 g/mol. The molecule has 1 aliphatic rings. The lowest BCUT2D eigenvalue weighted by atomic mass is 10.0. The molecular weight excluding hydrogens is 503 g/mol. The number of hydrogen-bond donors (Lipinski definition) is 0. The number of carbonyl (C=O) groups is 1. The maximum atomic E-state index is 15.0. The number of benzene rings is 1. The summed E-state index contributed by atoms with van der Waals surface area (Å²) < 4.78 is 65.1. The van der Waals surface area contributed by atoms with E-state index in [1.165, 1.54) is 18.1 Å². The van der Waals surface area contributed by atoms with E-state index in [9.17, 15) is 22.0 Å². The van der Waals surface area contributed by atoms with Gasteiger partial charge in [0.25, 0.3) is 9.05 Å². The Labute approximate surface area is 197 Å². The average molecular weight is 520 g/mol. The molecule has 1 amide bonds. The van der Waals surface area contributed by atoms with Gasteiger partial charge >= 0.3 is 6.09 Å². The number of pyridine rings is 1. The van der Waals surface area contributed by atoms with Crippen molar-refractivity contribution in [3.05, 3.63) is 52.8 Å². The molecule has 0 bridgehead atoms. The molecule has 3 aromatic rings. The number of fused-ring (bicyclic) bond motifs is 1. The van der Waals surface area contributed by atoms with E-state index < -0.39 is 43.3 Å². The molecule has 1 unspecified atom stereocenters. The second-order valence-electron chi connectivity index (χ2n) is 7.29. The van der Waals surface area contributed by atoms with Crippen molar-refractivity contribution in [1.82, 2.24) is 14.3 Å². The van der Waals surface area contributed by atoms with E-state index in [1.807, 2.05) is 0 Å². The summed E-state index contributed by atoms with van der Waals surface area (Å²) >= 11 is 6.06. The van der Waals surface area contributed by atoms with Crippen LogP contribution in [0.15, 0.2) is 35.4 Å². The van der Waals surface area contributed by atoms with E-state index in [1.54, 1.807) is 16.7 Å². The van der Waals surface area contributed by atoms with Crippen LogP contribution in [0.3, 0.4) is 0 Å². The Bertz CT molecular complexity index is 1330. The molecule has 2 aromatic heterocycles. The van der Waals surface area contributed by atoms with Crippen LogP contribution in [-0.2, 0) is 24.9 Å². The van der Waals surface area contributed by atoms with E-state index in [-0.39, 0.29) is 25.3 Å². The van der Waals surface area contributed by atoms with Crippen LogP contribution in [0.1, 0.15) is 5.69 Å². The zero-order chi connectivity index (χ0) is 23.9. The van der Waals surface area contributed by atoms with Gasteiger partial charge in [0, 0.05) is 40.9 Å². The molecule has 3 heterocycles. The second-order valence-corrected chi connectivity index (χ2v) is 10.3. The topological polar surface area (TPSA) is 90.2 Å². The van der Waals surface area contributed by atoms with Crippen molar-refractivity contribution in [2.75, 3.05) is 26.8 Å². The molecule has 1 atom stereocenters. The fourth-order valence-corrected chi connectivity index (χ4v) is 4.65. The summed E-state index contributed by atoms with van der Waals surface area (Å²) in [6.07, 6.45) is 0.710. The van der Waals surface area contributed by atoms with Crippen LogP contribution in [-0.4, -0.2) is 61.7 Å². The number of aromatic nitrogens is 2. The molecule has 1 saturated heterocycles. The van der Waals surface area contributed by atoms with Crippen molar-refractivity contribution in [1.29, 1.82) is 0 Å². The van der Waals surface area contributed by atoms with Crippen LogP contribution in [0.5, 0.6) is 0 Å². The SMILES string of the molecule is COC(=O)N1CCOC(Cc2c(-c3c(F)cc(S(=O)(=O)Cl)cc3F)nc3cc(Cl)ccn23)C1. The predicted octanol–water partition coefficient (Wildman–Crippen LogP) is 3.87. The summed E-state index contributed by atoms with van der Waals surface area (Å²) in [4.78, 5) is 17.0. The van der Waals surface area contributed by atoms with Crippen molar-refractivity contribution >= 4 is 43.1 Å². The number of ether oxygens (including phenoxy) is 2. The summed E-state index contributed by atoms with van der Waals surface area (Å²) in [7, 11) is 2.17. The number of carbonyl (C=O) groups excluding carboxylic acids is 1. The molecular formula is C20H17Cl2F2N3O5S. The van der Waals surface area contributed by atoms with Gasteiger partial charge < -0.3 is 18.8 Å². The number of morpholine rings is 1. The first-order valence-corrected chi connectivity index (χ1v) is 12.3. The molecule has 176 valence electrons. The van der Waals surface area contributed by atoms with Crippen LogP contribution in [0.2, 0.25) is 5.02 Å². The quantitative estimate of drug-likeness (QED) is 0.486. The van der Waals surface area contributed by atoms with E-state index in [4.69, 9.17) is 31.8 Å². The lowest BCUT2D eigenvalue weighted by molar-refractivity contribution is -0.0241. The van der Waals surface area contributed by atoms with E-state index in [0.717, 1.165) is 0 Å². The van der Waals surface area contributed by atoms with Gasteiger partial charge in [-0.2, -0.15) is 0 Å². The van der Waals surface area contributed by atoms with Crippen molar-refractivity contribution in [3.63, 3.8) is 0 Å². The Morgan fingerprint density at radius 3 is 2.64 bits per heavy atom. The minimum Gasteiger partial charge on any atom is -0.453 e. The minimum absolute atomic E-state index is 0.0513. The maximum Gasteiger partial charge on any atom is 0.409 e. The molecule has 13 heteroatoms. The zero-order valence-corrected chi connectivity index (χ0v) is 19.4. The predicted molar refractivity (Wildman–Crippen MR) is 116 cm³/mol. The van der Waals surface area contributed by atoms with Gasteiger partial charge in [-0.3, -0.25) is 0 Å². The Kier molecular flexibility index (Phi) is 6.50. The molecule has 0 saturated carbocycles. The van der Waals surface area contributed by atoms with Crippen molar-refractivity contribution < 1.29 is 31.5 Å². The van der Waals surface area contributed by atoms with Gasteiger partial charge in [-0.1, -0.05) is 11.6 Å². The lowest BCUT2D eigenvalue weighted by Gasteiger charge is -2.32. The summed E-state index contributed by atoms with van der Waals surface area (Å²) in [5.74, 6) is -2.29. The summed E-state index contributed by atoms with van der Waals surface area (Å²) in [5.41, 5.74) is 0.137. The molecule has 1 aliphatic heterocycles. The normalized spacial score (nSPS) is 16.9. The third-order valence-electron chi connectivity index (χ3n) is 5.21. The molecule has 1 fully saturated rings. The van der Waals surface area contributed by atoms with Gasteiger partial charge in [-0.05, 0) is 18.2 Å². The summed E-state index contributed by atoms with van der Waals surface area (Å²) in [6.45, 7) is 0.792. The second kappa shape index (κ2) is 9.05. The smallest absolute Gasteiger partial charge is 0.409 e. The molecule has 33 heavy (non-hydrogen) atoms. The number of nitrogens with zero attached hydrogens (tertiary/aromatic N) is 3. The molecule has 0 N–H and O–H groups in total. The van der Waals surface area contributed by atoms with Gasteiger partial charge in [-0.15, -0.1) is 0 Å². The first kappa shape index (κ1) is 23.7. The lowest BCUT2D eigenvalue weighted by Crippen LogP contribution is -2.46. The molecule has 8 nitrogen and oxygen atoms in total. The van der Waals surface area contributed by atoms with E-state index in [0.29, 0.717) is 35.0 Å². The van der Waals surface area contributed by atoms with Crippen LogP contribution in [0.4, 0.5) is 13.6 Å². The maximum absolute atomic E-state index is 15.0.